The van der Waals surface area contributed by atoms with E-state index in [0.29, 0.717) is 39.0 Å². The first kappa shape index (κ1) is 17.4. The lowest BCUT2D eigenvalue weighted by Crippen LogP contribution is -2.13. The Kier molecular flexibility index (Phi) is 9.14. The van der Waals surface area contributed by atoms with Crippen molar-refractivity contribution < 1.29 is 18.9 Å². The summed E-state index contributed by atoms with van der Waals surface area (Å²) in [4.78, 5) is 12.4. The molecule has 0 fully saturated rings. The van der Waals surface area contributed by atoms with Crippen molar-refractivity contribution in [1.82, 2.24) is 15.0 Å². The molecule has 21 heavy (non-hydrogen) atoms. The van der Waals surface area contributed by atoms with Gasteiger partial charge in [0, 0.05) is 13.7 Å². The molecule has 0 aliphatic carbocycles. The van der Waals surface area contributed by atoms with Crippen molar-refractivity contribution in [2.24, 2.45) is 0 Å². The SMILES string of the molecule is CCCNc1nc(OCC)nc(OCCOCCOC)n1. The molecule has 0 spiro atoms. The second kappa shape index (κ2) is 11.0. The van der Waals surface area contributed by atoms with Gasteiger partial charge in [-0.05, 0) is 13.3 Å². The van der Waals surface area contributed by atoms with E-state index in [4.69, 9.17) is 18.9 Å². The molecular formula is C13H24N4O4. The fourth-order valence-corrected chi connectivity index (χ4v) is 1.35. The summed E-state index contributed by atoms with van der Waals surface area (Å²) in [5, 5.41) is 3.08. The minimum atomic E-state index is 0.224. The molecule has 0 unspecified atom stereocenters. The number of nitrogens with one attached hydrogen (secondary N) is 1. The number of anilines is 1. The third-order valence-corrected chi connectivity index (χ3v) is 2.29. The van der Waals surface area contributed by atoms with E-state index in [1.807, 2.05) is 6.92 Å². The van der Waals surface area contributed by atoms with Gasteiger partial charge in [-0.15, -0.1) is 4.98 Å². The number of nitrogens with zero attached hydrogens (tertiary/aromatic N) is 3. The van der Waals surface area contributed by atoms with Gasteiger partial charge in [0.05, 0.1) is 26.4 Å². The fourth-order valence-electron chi connectivity index (χ4n) is 1.35. The molecule has 1 rings (SSSR count). The molecule has 0 saturated heterocycles. The van der Waals surface area contributed by atoms with E-state index in [-0.39, 0.29) is 12.0 Å². The number of aromatic nitrogens is 3. The van der Waals surface area contributed by atoms with Crippen LogP contribution in [0.3, 0.4) is 0 Å². The van der Waals surface area contributed by atoms with Crippen LogP contribution in [0.1, 0.15) is 20.3 Å². The summed E-state index contributed by atoms with van der Waals surface area (Å²) in [5.41, 5.74) is 0. The Labute approximate surface area is 125 Å². The normalized spacial score (nSPS) is 10.4. The Balaban J connectivity index is 2.48. The van der Waals surface area contributed by atoms with E-state index < -0.39 is 0 Å². The van der Waals surface area contributed by atoms with E-state index >= 15 is 0 Å². The minimum Gasteiger partial charge on any atom is -0.464 e. The standard InChI is InChI=1S/C13H24N4O4/c1-4-6-14-11-15-12(20-5-2)17-13(16-11)21-10-9-19-8-7-18-3/h4-10H2,1-3H3,(H,14,15,16,17). The van der Waals surface area contributed by atoms with Crippen LogP contribution in [0.5, 0.6) is 12.0 Å². The van der Waals surface area contributed by atoms with Gasteiger partial charge >= 0.3 is 12.0 Å². The van der Waals surface area contributed by atoms with Crippen LogP contribution in [0.2, 0.25) is 0 Å². The van der Waals surface area contributed by atoms with Gasteiger partial charge < -0.3 is 24.3 Å². The molecule has 0 atom stereocenters. The summed E-state index contributed by atoms with van der Waals surface area (Å²) < 4.78 is 20.9. The van der Waals surface area contributed by atoms with Crippen molar-refractivity contribution in [1.29, 1.82) is 0 Å². The average Bonchev–Trinajstić information content (AvgIpc) is 2.49. The van der Waals surface area contributed by atoms with E-state index in [1.54, 1.807) is 7.11 Å². The number of hydrogen-bond donors (Lipinski definition) is 1. The molecule has 1 aromatic rings. The third-order valence-electron chi connectivity index (χ3n) is 2.29. The molecule has 1 heterocycles. The molecular weight excluding hydrogens is 276 g/mol. The van der Waals surface area contributed by atoms with Crippen LogP contribution >= 0.6 is 0 Å². The van der Waals surface area contributed by atoms with Crippen molar-refractivity contribution in [3.63, 3.8) is 0 Å². The first-order valence-electron chi connectivity index (χ1n) is 7.12. The van der Waals surface area contributed by atoms with Crippen LogP contribution in [0, 0.1) is 0 Å². The Morgan fingerprint density at radius 3 is 2.29 bits per heavy atom. The van der Waals surface area contributed by atoms with E-state index in [1.165, 1.54) is 0 Å². The summed E-state index contributed by atoms with van der Waals surface area (Å²) in [6, 6.07) is 0.476. The van der Waals surface area contributed by atoms with Crippen LogP contribution in [0.15, 0.2) is 0 Å². The Bertz CT molecular complexity index is 392. The lowest BCUT2D eigenvalue weighted by Gasteiger charge is -2.09. The zero-order valence-electron chi connectivity index (χ0n) is 12.9. The van der Waals surface area contributed by atoms with Crippen LogP contribution < -0.4 is 14.8 Å². The second-order valence-electron chi connectivity index (χ2n) is 4.04. The summed E-state index contributed by atoms with van der Waals surface area (Å²) in [5.74, 6) is 0.450. The van der Waals surface area contributed by atoms with Crippen molar-refractivity contribution in [2.45, 2.75) is 20.3 Å². The maximum atomic E-state index is 5.45. The molecule has 0 aromatic carbocycles. The molecule has 8 nitrogen and oxygen atoms in total. The smallest absolute Gasteiger partial charge is 0.324 e. The van der Waals surface area contributed by atoms with Crippen LogP contribution in [0.25, 0.3) is 0 Å². The first-order chi connectivity index (χ1) is 10.3. The monoisotopic (exact) mass is 300 g/mol. The van der Waals surface area contributed by atoms with E-state index in [2.05, 4.69) is 27.2 Å². The topological polar surface area (TPSA) is 87.6 Å². The van der Waals surface area contributed by atoms with Crippen LogP contribution in [-0.2, 0) is 9.47 Å². The summed E-state index contributed by atoms with van der Waals surface area (Å²) in [6.45, 7) is 7.07. The van der Waals surface area contributed by atoms with Gasteiger partial charge in [0.2, 0.25) is 5.95 Å². The average molecular weight is 300 g/mol. The van der Waals surface area contributed by atoms with Crippen molar-refractivity contribution in [3.05, 3.63) is 0 Å². The lowest BCUT2D eigenvalue weighted by atomic mass is 10.5. The molecule has 120 valence electrons. The molecule has 0 aliphatic rings. The Morgan fingerprint density at radius 2 is 1.62 bits per heavy atom. The van der Waals surface area contributed by atoms with Crippen LogP contribution in [0.4, 0.5) is 5.95 Å². The minimum absolute atomic E-state index is 0.224. The molecule has 0 saturated carbocycles. The largest absolute Gasteiger partial charge is 0.464 e. The zero-order chi connectivity index (χ0) is 15.3. The van der Waals surface area contributed by atoms with Crippen molar-refractivity contribution in [3.8, 4) is 12.0 Å². The maximum Gasteiger partial charge on any atom is 0.324 e. The van der Waals surface area contributed by atoms with Gasteiger partial charge in [-0.25, -0.2) is 0 Å². The van der Waals surface area contributed by atoms with Crippen molar-refractivity contribution in [2.75, 3.05) is 52.0 Å². The quantitative estimate of drug-likeness (QED) is 0.575. The molecule has 1 aromatic heterocycles. The molecule has 0 aliphatic heterocycles. The molecule has 0 amide bonds. The number of hydrogen-bond acceptors (Lipinski definition) is 8. The van der Waals surface area contributed by atoms with Gasteiger partial charge in [-0.3, -0.25) is 0 Å². The molecule has 1 N–H and O–H groups in total. The third kappa shape index (κ3) is 7.62. The number of methoxy groups -OCH3 is 1. The zero-order valence-corrected chi connectivity index (χ0v) is 12.9. The van der Waals surface area contributed by atoms with E-state index in [0.717, 1.165) is 13.0 Å². The van der Waals surface area contributed by atoms with Crippen molar-refractivity contribution >= 4 is 5.95 Å². The van der Waals surface area contributed by atoms with Gasteiger partial charge in [0.25, 0.3) is 0 Å². The maximum absolute atomic E-state index is 5.45. The summed E-state index contributed by atoms with van der Waals surface area (Å²) in [7, 11) is 1.63. The summed E-state index contributed by atoms with van der Waals surface area (Å²) in [6.07, 6.45) is 0.971. The number of rotatable bonds is 12. The van der Waals surface area contributed by atoms with Gasteiger partial charge in [0.1, 0.15) is 6.61 Å². The molecule has 0 bridgehead atoms. The molecule has 0 radical (unpaired) electrons. The summed E-state index contributed by atoms with van der Waals surface area (Å²) >= 11 is 0. The second-order valence-corrected chi connectivity index (χ2v) is 4.04. The molecule has 8 heteroatoms. The predicted octanol–water partition coefficient (Wildman–Crippen LogP) is 1.13. The first-order valence-corrected chi connectivity index (χ1v) is 7.12. The van der Waals surface area contributed by atoms with Gasteiger partial charge in [-0.2, -0.15) is 9.97 Å². The highest BCUT2D eigenvalue weighted by Gasteiger charge is 2.08. The highest BCUT2D eigenvalue weighted by Crippen LogP contribution is 2.12. The predicted molar refractivity (Wildman–Crippen MR) is 78.0 cm³/mol. The highest BCUT2D eigenvalue weighted by atomic mass is 16.5. The highest BCUT2D eigenvalue weighted by molar-refractivity contribution is 5.27. The fraction of sp³-hybridized carbons (Fsp3) is 0.769. The van der Waals surface area contributed by atoms with Gasteiger partial charge in [0.15, 0.2) is 0 Å². The lowest BCUT2D eigenvalue weighted by molar-refractivity contribution is 0.0526. The van der Waals surface area contributed by atoms with Gasteiger partial charge in [-0.1, -0.05) is 6.92 Å². The Morgan fingerprint density at radius 1 is 0.905 bits per heavy atom. The van der Waals surface area contributed by atoms with E-state index in [9.17, 15) is 0 Å². The Hall–Kier alpha value is -1.67. The number of ether oxygens (including phenoxy) is 4. The van der Waals surface area contributed by atoms with Crippen LogP contribution in [-0.4, -0.2) is 61.6 Å².